The van der Waals surface area contributed by atoms with Crippen LogP contribution in [0.3, 0.4) is 0 Å². The second kappa shape index (κ2) is 7.75. The fraction of sp³-hybridized carbons (Fsp3) is 0.571. The maximum atomic E-state index is 11.1. The molecule has 0 saturated heterocycles. The second-order valence-electron chi connectivity index (χ2n) is 4.85. The van der Waals surface area contributed by atoms with Crippen LogP contribution in [0.5, 0.6) is 5.75 Å². The van der Waals surface area contributed by atoms with Gasteiger partial charge in [-0.2, -0.15) is 0 Å². The molecule has 0 saturated carbocycles. The lowest BCUT2D eigenvalue weighted by Crippen LogP contribution is -2.10. The fourth-order valence-electron chi connectivity index (χ4n) is 2.00. The van der Waals surface area contributed by atoms with E-state index in [4.69, 9.17) is 16.3 Å². The SMILES string of the molecule is COc1cccc(CC(CCl)CCCS(C)(=O)=O)c1. The standard InChI is InChI=1S/C14H21ClO3S/c1-18-14-7-3-5-12(10-14)9-13(11-15)6-4-8-19(2,16)17/h3,5,7,10,13H,4,6,8-9,11H2,1-2H3. The van der Waals surface area contributed by atoms with Crippen molar-refractivity contribution in [3.8, 4) is 5.75 Å². The summed E-state index contributed by atoms with van der Waals surface area (Å²) in [6.07, 6.45) is 3.61. The summed E-state index contributed by atoms with van der Waals surface area (Å²) in [5.74, 6) is 1.91. The summed E-state index contributed by atoms with van der Waals surface area (Å²) in [5, 5.41) is 0. The molecule has 0 aliphatic carbocycles. The summed E-state index contributed by atoms with van der Waals surface area (Å²) >= 11 is 5.96. The highest BCUT2D eigenvalue weighted by Crippen LogP contribution is 2.19. The number of hydrogen-bond acceptors (Lipinski definition) is 3. The maximum Gasteiger partial charge on any atom is 0.147 e. The van der Waals surface area contributed by atoms with Crippen molar-refractivity contribution in [3.63, 3.8) is 0 Å². The lowest BCUT2D eigenvalue weighted by molar-refractivity contribution is 0.413. The molecular formula is C14H21ClO3S. The zero-order valence-electron chi connectivity index (χ0n) is 11.4. The molecule has 1 unspecified atom stereocenters. The first-order valence-corrected chi connectivity index (χ1v) is 8.90. The van der Waals surface area contributed by atoms with Gasteiger partial charge in [0.25, 0.3) is 0 Å². The Morgan fingerprint density at radius 3 is 2.68 bits per heavy atom. The van der Waals surface area contributed by atoms with E-state index in [0.29, 0.717) is 18.2 Å². The average molecular weight is 305 g/mol. The Balaban J connectivity index is 2.51. The summed E-state index contributed by atoms with van der Waals surface area (Å²) in [7, 11) is -1.23. The molecule has 0 spiro atoms. The number of halogens is 1. The zero-order chi connectivity index (χ0) is 14.3. The third kappa shape index (κ3) is 6.83. The van der Waals surface area contributed by atoms with Crippen LogP contribution in [0.2, 0.25) is 0 Å². The van der Waals surface area contributed by atoms with Crippen molar-refractivity contribution in [3.05, 3.63) is 29.8 Å². The van der Waals surface area contributed by atoms with Gasteiger partial charge >= 0.3 is 0 Å². The molecule has 0 aromatic heterocycles. The number of alkyl halides is 1. The second-order valence-corrected chi connectivity index (χ2v) is 7.42. The molecule has 1 rings (SSSR count). The van der Waals surface area contributed by atoms with Gasteiger partial charge in [-0.25, -0.2) is 8.42 Å². The molecular weight excluding hydrogens is 284 g/mol. The van der Waals surface area contributed by atoms with Crippen LogP contribution in [-0.4, -0.2) is 33.4 Å². The van der Waals surface area contributed by atoms with Crippen molar-refractivity contribution in [2.75, 3.05) is 25.0 Å². The Morgan fingerprint density at radius 2 is 2.11 bits per heavy atom. The van der Waals surface area contributed by atoms with Crippen molar-refractivity contribution >= 4 is 21.4 Å². The van der Waals surface area contributed by atoms with Crippen molar-refractivity contribution in [1.29, 1.82) is 0 Å². The van der Waals surface area contributed by atoms with Crippen LogP contribution in [0, 0.1) is 5.92 Å². The van der Waals surface area contributed by atoms with Gasteiger partial charge in [-0.1, -0.05) is 12.1 Å². The number of sulfone groups is 1. The molecule has 1 atom stereocenters. The maximum absolute atomic E-state index is 11.1. The van der Waals surface area contributed by atoms with Crippen LogP contribution < -0.4 is 4.74 Å². The predicted octanol–water partition coefficient (Wildman–Crippen LogP) is 2.92. The highest BCUT2D eigenvalue weighted by Gasteiger charge is 2.11. The summed E-state index contributed by atoms with van der Waals surface area (Å²) in [4.78, 5) is 0. The summed E-state index contributed by atoms with van der Waals surface area (Å²) in [6, 6.07) is 7.90. The van der Waals surface area contributed by atoms with E-state index in [2.05, 4.69) is 0 Å². The number of benzene rings is 1. The minimum atomic E-state index is -2.87. The number of methoxy groups -OCH3 is 1. The first-order valence-electron chi connectivity index (χ1n) is 6.31. The van der Waals surface area contributed by atoms with Crippen LogP contribution in [0.15, 0.2) is 24.3 Å². The molecule has 0 bridgehead atoms. The van der Waals surface area contributed by atoms with Crippen LogP contribution in [0.1, 0.15) is 18.4 Å². The molecule has 1 aromatic carbocycles. The molecule has 108 valence electrons. The third-order valence-electron chi connectivity index (χ3n) is 3.00. The van der Waals surface area contributed by atoms with Crippen LogP contribution in [0.4, 0.5) is 0 Å². The molecule has 5 heteroatoms. The van der Waals surface area contributed by atoms with Gasteiger partial charge in [-0.3, -0.25) is 0 Å². The first kappa shape index (κ1) is 16.3. The van der Waals surface area contributed by atoms with E-state index in [-0.39, 0.29) is 5.75 Å². The molecule has 0 aliphatic heterocycles. The Hall–Kier alpha value is -0.740. The Morgan fingerprint density at radius 1 is 1.37 bits per heavy atom. The molecule has 1 aromatic rings. The van der Waals surface area contributed by atoms with E-state index in [1.165, 1.54) is 11.8 Å². The van der Waals surface area contributed by atoms with E-state index in [1.807, 2.05) is 24.3 Å². The van der Waals surface area contributed by atoms with Gasteiger partial charge < -0.3 is 4.74 Å². The van der Waals surface area contributed by atoms with E-state index >= 15 is 0 Å². The van der Waals surface area contributed by atoms with E-state index < -0.39 is 9.84 Å². The Labute approximate surface area is 120 Å². The highest BCUT2D eigenvalue weighted by atomic mass is 35.5. The normalized spacial score (nSPS) is 13.2. The van der Waals surface area contributed by atoms with E-state index in [9.17, 15) is 8.42 Å². The minimum absolute atomic E-state index is 0.235. The van der Waals surface area contributed by atoms with Crippen molar-refractivity contribution in [2.45, 2.75) is 19.3 Å². The van der Waals surface area contributed by atoms with E-state index in [0.717, 1.165) is 18.6 Å². The van der Waals surface area contributed by atoms with Crippen LogP contribution >= 0.6 is 11.6 Å². The summed E-state index contributed by atoms with van der Waals surface area (Å²) in [5.41, 5.74) is 1.17. The molecule has 19 heavy (non-hydrogen) atoms. The molecule has 0 aliphatic rings. The van der Waals surface area contributed by atoms with Crippen molar-refractivity contribution in [2.24, 2.45) is 5.92 Å². The van der Waals surface area contributed by atoms with Crippen LogP contribution in [0.25, 0.3) is 0 Å². The van der Waals surface area contributed by atoms with Gasteiger partial charge in [-0.05, 0) is 42.9 Å². The topological polar surface area (TPSA) is 43.4 Å². The molecule has 0 fully saturated rings. The number of rotatable bonds is 8. The van der Waals surface area contributed by atoms with Gasteiger partial charge in [-0.15, -0.1) is 11.6 Å². The molecule has 3 nitrogen and oxygen atoms in total. The number of ether oxygens (including phenoxy) is 1. The average Bonchev–Trinajstić information content (AvgIpc) is 2.36. The van der Waals surface area contributed by atoms with Crippen molar-refractivity contribution in [1.82, 2.24) is 0 Å². The Bertz CT molecular complexity index is 485. The first-order chi connectivity index (χ1) is 8.94. The van der Waals surface area contributed by atoms with Crippen molar-refractivity contribution < 1.29 is 13.2 Å². The predicted molar refractivity (Wildman–Crippen MR) is 79.9 cm³/mol. The van der Waals surface area contributed by atoms with Gasteiger partial charge in [0.1, 0.15) is 15.6 Å². The van der Waals surface area contributed by atoms with Gasteiger partial charge in [0, 0.05) is 17.9 Å². The quantitative estimate of drug-likeness (QED) is 0.694. The van der Waals surface area contributed by atoms with E-state index in [1.54, 1.807) is 7.11 Å². The number of hydrogen-bond donors (Lipinski definition) is 0. The van der Waals surface area contributed by atoms with Gasteiger partial charge in [0.2, 0.25) is 0 Å². The molecule has 0 radical (unpaired) electrons. The minimum Gasteiger partial charge on any atom is -0.497 e. The monoisotopic (exact) mass is 304 g/mol. The lowest BCUT2D eigenvalue weighted by atomic mass is 9.97. The molecule has 0 amide bonds. The molecule has 0 N–H and O–H groups in total. The molecule has 0 heterocycles. The van der Waals surface area contributed by atoms with Gasteiger partial charge in [0.05, 0.1) is 7.11 Å². The third-order valence-corrected chi connectivity index (χ3v) is 4.47. The highest BCUT2D eigenvalue weighted by molar-refractivity contribution is 7.90. The largest absolute Gasteiger partial charge is 0.497 e. The lowest BCUT2D eigenvalue weighted by Gasteiger charge is -2.14. The zero-order valence-corrected chi connectivity index (χ0v) is 13.0. The summed E-state index contributed by atoms with van der Waals surface area (Å²) in [6.45, 7) is 0. The van der Waals surface area contributed by atoms with Gasteiger partial charge in [0.15, 0.2) is 0 Å². The fourth-order valence-corrected chi connectivity index (χ4v) is 2.96. The smallest absolute Gasteiger partial charge is 0.147 e. The Kier molecular flexibility index (Phi) is 6.66. The summed E-state index contributed by atoms with van der Waals surface area (Å²) < 4.78 is 27.4. The van der Waals surface area contributed by atoms with Crippen LogP contribution in [-0.2, 0) is 16.3 Å².